The smallest absolute Gasteiger partial charge is 0.277 e. The molecule has 3 heterocycles. The molecule has 0 N–H and O–H groups in total. The Balaban J connectivity index is 1.57. The van der Waals surface area contributed by atoms with Crippen LogP contribution in [0.15, 0.2) is 22.0 Å². The normalized spacial score (nSPS) is 17.8. The van der Waals surface area contributed by atoms with Crippen molar-refractivity contribution in [3.05, 3.63) is 24.1 Å². The highest BCUT2D eigenvalue weighted by atomic mass is 32.2. The summed E-state index contributed by atoms with van der Waals surface area (Å²) in [5.74, 6) is 2.33. The van der Waals surface area contributed by atoms with Gasteiger partial charge in [-0.05, 0) is 26.9 Å². The average Bonchev–Trinajstić information content (AvgIpc) is 3.26. The van der Waals surface area contributed by atoms with Crippen molar-refractivity contribution in [3.63, 3.8) is 0 Å². The quantitative estimate of drug-likeness (QED) is 0.678. The summed E-state index contributed by atoms with van der Waals surface area (Å²) < 4.78 is 7.53. The minimum Gasteiger partial charge on any atom is -0.416 e. The zero-order valence-corrected chi connectivity index (χ0v) is 16.4. The standard InChI is InChI=1S/C17H26N6O2S/c1-13-19-20-17(25-13)26-12-15(24)23-7-4-5-14(11-23)16-18-6-8-22(16)10-9-21(2)3/h6,8,14H,4-5,7,9-12H2,1-3H3/t14-/m0/s1. The van der Waals surface area contributed by atoms with Crippen molar-refractivity contribution in [2.24, 2.45) is 0 Å². The fraction of sp³-hybridized carbons (Fsp3) is 0.647. The van der Waals surface area contributed by atoms with Crippen molar-refractivity contribution in [3.8, 4) is 0 Å². The van der Waals surface area contributed by atoms with Crippen LogP contribution in [0.5, 0.6) is 0 Å². The number of hydrogen-bond donors (Lipinski definition) is 0. The molecule has 0 bridgehead atoms. The summed E-state index contributed by atoms with van der Waals surface area (Å²) in [6.07, 6.45) is 5.97. The molecule has 1 aliphatic rings. The topological polar surface area (TPSA) is 80.3 Å². The Hall–Kier alpha value is -1.87. The lowest BCUT2D eigenvalue weighted by Crippen LogP contribution is -2.40. The number of thioether (sulfide) groups is 1. The van der Waals surface area contributed by atoms with Crippen LogP contribution in [0.1, 0.15) is 30.5 Å². The average molecular weight is 379 g/mol. The molecule has 0 aromatic carbocycles. The van der Waals surface area contributed by atoms with Crippen LogP contribution in [0, 0.1) is 6.92 Å². The minimum absolute atomic E-state index is 0.113. The third kappa shape index (κ3) is 4.85. The fourth-order valence-corrected chi connectivity index (χ4v) is 3.85. The Labute approximate surface area is 158 Å². The van der Waals surface area contributed by atoms with E-state index in [9.17, 15) is 4.79 Å². The maximum atomic E-state index is 12.6. The van der Waals surface area contributed by atoms with Gasteiger partial charge in [-0.15, -0.1) is 10.2 Å². The number of carbonyl (C=O) groups excluding carboxylic acids is 1. The lowest BCUT2D eigenvalue weighted by Gasteiger charge is -2.32. The van der Waals surface area contributed by atoms with E-state index in [-0.39, 0.29) is 5.91 Å². The van der Waals surface area contributed by atoms with Gasteiger partial charge in [0.25, 0.3) is 5.22 Å². The van der Waals surface area contributed by atoms with Gasteiger partial charge < -0.3 is 18.8 Å². The van der Waals surface area contributed by atoms with Gasteiger partial charge in [0, 0.05) is 51.4 Å². The first kappa shape index (κ1) is 18.9. The second-order valence-corrected chi connectivity index (χ2v) is 7.76. The zero-order chi connectivity index (χ0) is 18.5. The number of rotatable bonds is 7. The van der Waals surface area contributed by atoms with Crippen LogP contribution in [0.25, 0.3) is 0 Å². The van der Waals surface area contributed by atoms with Crippen LogP contribution >= 0.6 is 11.8 Å². The predicted octanol–water partition coefficient (Wildman–Crippen LogP) is 1.63. The number of imidazole rings is 1. The van der Waals surface area contributed by atoms with Crippen molar-refractivity contribution in [2.45, 2.75) is 37.5 Å². The first-order valence-electron chi connectivity index (χ1n) is 8.89. The molecule has 9 heteroatoms. The van der Waals surface area contributed by atoms with Gasteiger partial charge in [-0.2, -0.15) is 0 Å². The van der Waals surface area contributed by atoms with E-state index in [0.29, 0.717) is 22.8 Å². The first-order chi connectivity index (χ1) is 12.5. The van der Waals surface area contributed by atoms with Gasteiger partial charge in [0.2, 0.25) is 11.8 Å². The number of likely N-dealkylation sites (N-methyl/N-ethyl adjacent to an activating group) is 1. The molecule has 0 radical (unpaired) electrons. The van der Waals surface area contributed by atoms with Crippen LogP contribution < -0.4 is 0 Å². The molecule has 1 aliphatic heterocycles. The second-order valence-electron chi connectivity index (χ2n) is 6.84. The lowest BCUT2D eigenvalue weighted by atomic mass is 9.97. The number of hydrogen-bond acceptors (Lipinski definition) is 7. The van der Waals surface area contributed by atoms with Crippen molar-refractivity contribution in [2.75, 3.05) is 39.5 Å². The third-order valence-electron chi connectivity index (χ3n) is 4.50. The largest absolute Gasteiger partial charge is 0.416 e. The van der Waals surface area contributed by atoms with E-state index in [0.717, 1.165) is 44.8 Å². The van der Waals surface area contributed by atoms with E-state index in [4.69, 9.17) is 4.42 Å². The van der Waals surface area contributed by atoms with E-state index in [1.54, 1.807) is 6.92 Å². The van der Waals surface area contributed by atoms with Gasteiger partial charge in [0.1, 0.15) is 5.82 Å². The molecule has 0 aliphatic carbocycles. The summed E-state index contributed by atoms with van der Waals surface area (Å²) in [5, 5.41) is 8.16. The Kier molecular flexibility index (Phi) is 6.31. The van der Waals surface area contributed by atoms with E-state index >= 15 is 0 Å². The molecule has 8 nitrogen and oxygen atoms in total. The highest BCUT2D eigenvalue weighted by molar-refractivity contribution is 7.99. The van der Waals surface area contributed by atoms with Gasteiger partial charge in [-0.1, -0.05) is 11.8 Å². The summed E-state index contributed by atoms with van der Waals surface area (Å²) in [7, 11) is 4.14. The Bertz CT molecular complexity index is 728. The van der Waals surface area contributed by atoms with Gasteiger partial charge in [0.15, 0.2) is 0 Å². The van der Waals surface area contributed by atoms with Crippen molar-refractivity contribution >= 4 is 17.7 Å². The number of amides is 1. The molecule has 1 fully saturated rings. The molecule has 3 rings (SSSR count). The number of piperidine rings is 1. The third-order valence-corrected chi connectivity index (χ3v) is 5.30. The Morgan fingerprint density at radius 2 is 2.27 bits per heavy atom. The second kappa shape index (κ2) is 8.68. The number of aryl methyl sites for hydroxylation is 1. The molecule has 0 unspecified atom stereocenters. The lowest BCUT2D eigenvalue weighted by molar-refractivity contribution is -0.129. The van der Waals surface area contributed by atoms with Crippen LogP contribution in [-0.2, 0) is 11.3 Å². The van der Waals surface area contributed by atoms with Crippen molar-refractivity contribution < 1.29 is 9.21 Å². The van der Waals surface area contributed by atoms with Gasteiger partial charge >= 0.3 is 0 Å². The number of aromatic nitrogens is 4. The maximum absolute atomic E-state index is 12.6. The molecule has 2 aromatic rings. The minimum atomic E-state index is 0.113. The molecule has 1 atom stereocenters. The molecular weight excluding hydrogens is 352 g/mol. The summed E-state index contributed by atoms with van der Waals surface area (Å²) >= 11 is 1.30. The van der Waals surface area contributed by atoms with Gasteiger partial charge in [0.05, 0.1) is 5.75 Å². The number of nitrogens with zero attached hydrogens (tertiary/aromatic N) is 6. The molecule has 0 spiro atoms. The van der Waals surface area contributed by atoms with E-state index in [2.05, 4.69) is 38.7 Å². The Morgan fingerprint density at radius 3 is 3.00 bits per heavy atom. The van der Waals surface area contributed by atoms with Crippen LogP contribution in [0.3, 0.4) is 0 Å². The molecule has 1 saturated heterocycles. The van der Waals surface area contributed by atoms with Gasteiger partial charge in [-0.3, -0.25) is 4.79 Å². The molecular formula is C17H26N6O2S. The highest BCUT2D eigenvalue weighted by Crippen LogP contribution is 2.27. The molecule has 142 valence electrons. The maximum Gasteiger partial charge on any atom is 0.277 e. The van der Waals surface area contributed by atoms with E-state index < -0.39 is 0 Å². The summed E-state index contributed by atoms with van der Waals surface area (Å²) in [6.45, 7) is 5.16. The molecule has 1 amide bonds. The van der Waals surface area contributed by atoms with Crippen molar-refractivity contribution in [1.82, 2.24) is 29.5 Å². The molecule has 0 saturated carbocycles. The summed E-state index contributed by atoms with van der Waals surface area (Å²) in [4.78, 5) is 21.3. The highest BCUT2D eigenvalue weighted by Gasteiger charge is 2.27. The summed E-state index contributed by atoms with van der Waals surface area (Å²) in [6, 6.07) is 0. The van der Waals surface area contributed by atoms with Crippen LogP contribution in [-0.4, -0.2) is 74.9 Å². The van der Waals surface area contributed by atoms with E-state index in [1.165, 1.54) is 11.8 Å². The monoisotopic (exact) mass is 378 g/mol. The fourth-order valence-electron chi connectivity index (χ4n) is 3.14. The molecule has 2 aromatic heterocycles. The SMILES string of the molecule is Cc1nnc(SCC(=O)N2CCC[C@H](c3nccn3CCN(C)C)C2)o1. The van der Waals surface area contributed by atoms with E-state index in [1.807, 2.05) is 17.3 Å². The zero-order valence-electron chi connectivity index (χ0n) is 15.6. The number of likely N-dealkylation sites (tertiary alicyclic amines) is 1. The van der Waals surface area contributed by atoms with Crippen LogP contribution in [0.4, 0.5) is 0 Å². The Morgan fingerprint density at radius 1 is 1.42 bits per heavy atom. The predicted molar refractivity (Wildman–Crippen MR) is 99.1 cm³/mol. The van der Waals surface area contributed by atoms with Crippen molar-refractivity contribution in [1.29, 1.82) is 0 Å². The summed E-state index contributed by atoms with van der Waals surface area (Å²) in [5.41, 5.74) is 0. The number of carbonyl (C=O) groups is 1. The van der Waals surface area contributed by atoms with Gasteiger partial charge in [-0.25, -0.2) is 4.98 Å². The molecule has 26 heavy (non-hydrogen) atoms. The first-order valence-corrected chi connectivity index (χ1v) is 9.88. The van der Waals surface area contributed by atoms with Crippen LogP contribution in [0.2, 0.25) is 0 Å².